The zero-order chi connectivity index (χ0) is 20.4. The Morgan fingerprint density at radius 2 is 2.00 bits per heavy atom. The summed E-state index contributed by atoms with van der Waals surface area (Å²) in [5.41, 5.74) is -0.0418. The van der Waals surface area contributed by atoms with Crippen LogP contribution in [0.15, 0.2) is 24.8 Å². The molecule has 7 nitrogen and oxygen atoms in total. The van der Waals surface area contributed by atoms with Gasteiger partial charge in [0.25, 0.3) is 10.1 Å². The summed E-state index contributed by atoms with van der Waals surface area (Å²) in [6.45, 7) is 6.13. The van der Waals surface area contributed by atoms with Gasteiger partial charge in [-0.3, -0.25) is 9.35 Å². The predicted octanol–water partition coefficient (Wildman–Crippen LogP) is 2.37. The second-order valence-corrected chi connectivity index (χ2v) is 10.1. The third-order valence-electron chi connectivity index (χ3n) is 6.81. The van der Waals surface area contributed by atoms with Crippen LogP contribution in [0.5, 0.6) is 0 Å². The molecule has 28 heavy (non-hydrogen) atoms. The molecule has 3 fully saturated rings. The molecule has 2 saturated carbocycles. The number of fused-ring (bicyclic) bond motifs is 2. The average molecular weight is 408 g/mol. The molecular formula is C20H29N3O4S. The van der Waals surface area contributed by atoms with E-state index in [9.17, 15) is 13.2 Å². The molecule has 1 aromatic rings. The second-order valence-electron chi connectivity index (χ2n) is 8.68. The van der Waals surface area contributed by atoms with Crippen molar-refractivity contribution in [3.05, 3.63) is 30.4 Å². The molecule has 3 atom stereocenters. The molecule has 1 unspecified atom stereocenters. The molecule has 3 aliphatic rings. The van der Waals surface area contributed by atoms with Gasteiger partial charge in [-0.1, -0.05) is 26.0 Å². The van der Waals surface area contributed by atoms with Gasteiger partial charge < -0.3 is 5.32 Å². The van der Waals surface area contributed by atoms with Crippen LogP contribution in [0.2, 0.25) is 0 Å². The molecule has 2 aliphatic carbocycles. The predicted molar refractivity (Wildman–Crippen MR) is 107 cm³/mol. The van der Waals surface area contributed by atoms with Crippen molar-refractivity contribution in [1.82, 2.24) is 15.3 Å². The van der Waals surface area contributed by atoms with Gasteiger partial charge in [-0.2, -0.15) is 8.42 Å². The fourth-order valence-electron chi connectivity index (χ4n) is 4.90. The summed E-state index contributed by atoms with van der Waals surface area (Å²) in [5.74, 6) is 0.579. The maximum atomic E-state index is 11.9. The highest BCUT2D eigenvalue weighted by molar-refractivity contribution is 7.85. The van der Waals surface area contributed by atoms with Gasteiger partial charge in [0.05, 0.1) is 11.2 Å². The van der Waals surface area contributed by atoms with E-state index in [0.29, 0.717) is 18.8 Å². The first kappa shape index (κ1) is 21.1. The van der Waals surface area contributed by atoms with Crippen LogP contribution in [0.3, 0.4) is 0 Å². The molecule has 2 N–H and O–H groups in total. The fraction of sp³-hybridized carbons (Fsp3) is 0.650. The molecule has 2 heterocycles. The Morgan fingerprint density at radius 1 is 1.29 bits per heavy atom. The molecule has 1 aliphatic heterocycles. The van der Waals surface area contributed by atoms with Crippen LogP contribution < -0.4 is 5.32 Å². The van der Waals surface area contributed by atoms with Gasteiger partial charge in [0.15, 0.2) is 0 Å². The van der Waals surface area contributed by atoms with Crippen molar-refractivity contribution in [3.63, 3.8) is 0 Å². The summed E-state index contributed by atoms with van der Waals surface area (Å²) in [6.07, 6.45) is 12.7. The highest BCUT2D eigenvalue weighted by Gasteiger charge is 2.65. The van der Waals surface area contributed by atoms with Crippen molar-refractivity contribution in [2.75, 3.05) is 18.8 Å². The van der Waals surface area contributed by atoms with Crippen molar-refractivity contribution in [2.45, 2.75) is 39.5 Å². The molecule has 0 spiro atoms. The van der Waals surface area contributed by atoms with E-state index < -0.39 is 21.3 Å². The standard InChI is InChI=1S/C10H13N3.C10H16O4S/c1(9-3-4-11-5-9)2-10-6-12-8-13-7-10;1-9(2)7-3-4-10(9,8(11)5-7)6-15(12,13)14/h1-2,6-9,11H,3-5H2;7H,3-6H2,1-2H3,(H,12,13,14)/b2-1+;/t9-;7?,10-/m01/s1. The van der Waals surface area contributed by atoms with E-state index in [4.69, 9.17) is 4.55 Å². The highest BCUT2D eigenvalue weighted by Crippen LogP contribution is 2.64. The van der Waals surface area contributed by atoms with Crippen LogP contribution in [0.25, 0.3) is 6.08 Å². The minimum absolute atomic E-state index is 0.0152. The lowest BCUT2D eigenvalue weighted by molar-refractivity contribution is -0.128. The Labute approximate surface area is 166 Å². The number of rotatable bonds is 4. The Bertz CT molecular complexity index is 832. The van der Waals surface area contributed by atoms with Crippen LogP contribution in [-0.2, 0) is 14.9 Å². The quantitative estimate of drug-likeness (QED) is 0.737. The summed E-state index contributed by atoms with van der Waals surface area (Å²) in [4.78, 5) is 19.8. The normalized spacial score (nSPS) is 31.2. The minimum atomic E-state index is -4.08. The number of ketones is 1. The van der Waals surface area contributed by atoms with Gasteiger partial charge in [-0.15, -0.1) is 0 Å². The van der Waals surface area contributed by atoms with E-state index >= 15 is 0 Å². The van der Waals surface area contributed by atoms with Gasteiger partial charge in [0.1, 0.15) is 12.1 Å². The first-order valence-corrected chi connectivity index (χ1v) is 11.4. The van der Waals surface area contributed by atoms with E-state index in [1.807, 2.05) is 26.2 Å². The molecule has 4 rings (SSSR count). The monoisotopic (exact) mass is 407 g/mol. The van der Waals surface area contributed by atoms with E-state index in [1.165, 1.54) is 6.42 Å². The van der Waals surface area contributed by atoms with Crippen LogP contribution in [0, 0.1) is 22.7 Å². The van der Waals surface area contributed by atoms with Gasteiger partial charge in [-0.05, 0) is 43.1 Å². The maximum absolute atomic E-state index is 11.9. The van der Waals surface area contributed by atoms with E-state index in [2.05, 4.69) is 27.4 Å². The molecule has 154 valence electrons. The number of carbonyl (C=O) groups excluding carboxylic acids is 1. The molecular weight excluding hydrogens is 378 g/mol. The highest BCUT2D eigenvalue weighted by atomic mass is 32.2. The van der Waals surface area contributed by atoms with Gasteiger partial charge in [0.2, 0.25) is 0 Å². The second kappa shape index (κ2) is 8.00. The largest absolute Gasteiger partial charge is 0.316 e. The number of carbonyl (C=O) groups is 1. The summed E-state index contributed by atoms with van der Waals surface area (Å²) in [6, 6.07) is 0. The average Bonchev–Trinajstić information content (AvgIpc) is 3.27. The van der Waals surface area contributed by atoms with E-state index in [0.717, 1.165) is 25.1 Å². The smallest absolute Gasteiger partial charge is 0.265 e. The topological polar surface area (TPSA) is 109 Å². The Kier molecular flexibility index (Phi) is 6.03. The lowest BCUT2D eigenvalue weighted by Crippen LogP contribution is -2.42. The van der Waals surface area contributed by atoms with E-state index in [1.54, 1.807) is 6.33 Å². The van der Waals surface area contributed by atoms with Crippen LogP contribution in [-0.4, -0.2) is 47.6 Å². The van der Waals surface area contributed by atoms with Gasteiger partial charge >= 0.3 is 0 Å². The Balaban J connectivity index is 0.000000162. The number of nitrogens with zero attached hydrogens (tertiary/aromatic N) is 2. The molecule has 0 radical (unpaired) electrons. The number of nitrogens with one attached hydrogen (secondary N) is 1. The lowest BCUT2D eigenvalue weighted by atomic mass is 9.70. The number of Topliss-reactive ketones (excluding diaryl/α,β-unsaturated/α-hetero) is 1. The van der Waals surface area contributed by atoms with Crippen molar-refractivity contribution in [2.24, 2.45) is 22.7 Å². The van der Waals surface area contributed by atoms with Crippen LogP contribution in [0.4, 0.5) is 0 Å². The fourth-order valence-corrected chi connectivity index (χ4v) is 6.20. The summed E-state index contributed by atoms with van der Waals surface area (Å²) in [7, 11) is -4.08. The zero-order valence-electron chi connectivity index (χ0n) is 16.5. The van der Waals surface area contributed by atoms with Gasteiger partial charge in [0, 0.05) is 30.9 Å². The SMILES string of the molecule is C(=C\[C@H]1CCNC1)/c1cncnc1.CC1(C)C2CC[C@@]1(CS(=O)(=O)O)C(=O)C2. The first-order valence-electron chi connectivity index (χ1n) is 9.76. The number of hydrogen-bond acceptors (Lipinski definition) is 6. The molecule has 8 heteroatoms. The summed E-state index contributed by atoms with van der Waals surface area (Å²) in [5, 5.41) is 3.33. The molecule has 0 aromatic carbocycles. The number of aromatic nitrogens is 2. The summed E-state index contributed by atoms with van der Waals surface area (Å²) < 4.78 is 31.0. The molecule has 1 saturated heterocycles. The molecule has 0 amide bonds. The third-order valence-corrected chi connectivity index (χ3v) is 7.67. The molecule has 2 bridgehead atoms. The Hall–Kier alpha value is -1.64. The molecule has 1 aromatic heterocycles. The minimum Gasteiger partial charge on any atom is -0.316 e. The Morgan fingerprint density at radius 3 is 2.50 bits per heavy atom. The lowest BCUT2D eigenvalue weighted by Gasteiger charge is -2.35. The summed E-state index contributed by atoms with van der Waals surface area (Å²) >= 11 is 0. The third kappa shape index (κ3) is 4.34. The van der Waals surface area contributed by atoms with Crippen LogP contribution >= 0.6 is 0 Å². The first-order chi connectivity index (χ1) is 13.1. The van der Waals surface area contributed by atoms with E-state index in [-0.39, 0.29) is 17.1 Å². The zero-order valence-corrected chi connectivity index (χ0v) is 17.3. The van der Waals surface area contributed by atoms with Gasteiger partial charge in [-0.25, -0.2) is 9.97 Å². The maximum Gasteiger partial charge on any atom is 0.265 e. The van der Waals surface area contributed by atoms with Crippen molar-refractivity contribution in [1.29, 1.82) is 0 Å². The number of hydrogen-bond donors (Lipinski definition) is 2. The van der Waals surface area contributed by atoms with Crippen molar-refractivity contribution < 1.29 is 17.8 Å². The van der Waals surface area contributed by atoms with Crippen molar-refractivity contribution >= 4 is 22.0 Å². The van der Waals surface area contributed by atoms with Crippen molar-refractivity contribution in [3.8, 4) is 0 Å². The van der Waals surface area contributed by atoms with Crippen LogP contribution in [0.1, 0.15) is 45.1 Å².